The highest BCUT2D eigenvalue weighted by molar-refractivity contribution is 5.80. The molecule has 0 spiro atoms. The number of anilines is 1. The van der Waals surface area contributed by atoms with Gasteiger partial charge in [0.2, 0.25) is 5.88 Å². The van der Waals surface area contributed by atoms with Crippen LogP contribution < -0.4 is 15.0 Å². The Labute approximate surface area is 198 Å². The van der Waals surface area contributed by atoms with Gasteiger partial charge < -0.3 is 24.6 Å². The molecule has 2 aliphatic heterocycles. The number of piperazine rings is 1. The molecule has 0 unspecified atom stereocenters. The topological polar surface area (TPSA) is 97.1 Å². The van der Waals surface area contributed by atoms with E-state index in [0.29, 0.717) is 38.6 Å². The van der Waals surface area contributed by atoms with E-state index in [1.165, 1.54) is 0 Å². The highest BCUT2D eigenvalue weighted by atomic mass is 16.6. The number of aromatic nitrogens is 4. The quantitative estimate of drug-likeness (QED) is 0.614. The Morgan fingerprint density at radius 3 is 2.74 bits per heavy atom. The van der Waals surface area contributed by atoms with E-state index in [1.807, 2.05) is 45.2 Å². The van der Waals surface area contributed by atoms with Crippen molar-refractivity contribution in [1.29, 1.82) is 0 Å². The first-order chi connectivity index (χ1) is 16.4. The average Bonchev–Trinajstić information content (AvgIpc) is 3.45. The molecule has 1 N–H and O–H groups in total. The van der Waals surface area contributed by atoms with E-state index < -0.39 is 5.60 Å². The summed E-state index contributed by atoms with van der Waals surface area (Å²) in [6, 6.07) is 5.81. The molecule has 2 aliphatic rings. The van der Waals surface area contributed by atoms with E-state index in [9.17, 15) is 4.79 Å². The summed E-state index contributed by atoms with van der Waals surface area (Å²) in [4.78, 5) is 26.0. The van der Waals surface area contributed by atoms with E-state index >= 15 is 0 Å². The zero-order valence-corrected chi connectivity index (χ0v) is 19.9. The predicted octanol–water partition coefficient (Wildman–Crippen LogP) is 2.59. The fourth-order valence-corrected chi connectivity index (χ4v) is 4.41. The van der Waals surface area contributed by atoms with E-state index in [0.717, 1.165) is 35.6 Å². The summed E-state index contributed by atoms with van der Waals surface area (Å²) in [5.41, 5.74) is 2.05. The fraction of sp³-hybridized carbons (Fsp3) is 0.500. The summed E-state index contributed by atoms with van der Waals surface area (Å²) in [7, 11) is 0. The number of ether oxygens (including phenoxy) is 2. The molecule has 34 heavy (non-hydrogen) atoms. The van der Waals surface area contributed by atoms with Crippen molar-refractivity contribution in [2.75, 3.05) is 44.2 Å². The lowest BCUT2D eigenvalue weighted by molar-refractivity contribution is 0.0136. The Bertz CT molecular complexity index is 1160. The van der Waals surface area contributed by atoms with E-state index in [-0.39, 0.29) is 12.2 Å². The molecule has 0 radical (unpaired) electrons. The predicted molar refractivity (Wildman–Crippen MR) is 128 cm³/mol. The van der Waals surface area contributed by atoms with Gasteiger partial charge in [0, 0.05) is 57.1 Å². The van der Waals surface area contributed by atoms with Crippen molar-refractivity contribution in [3.63, 3.8) is 0 Å². The maximum atomic E-state index is 12.7. The van der Waals surface area contributed by atoms with Gasteiger partial charge in [0.05, 0.1) is 17.9 Å². The third kappa shape index (κ3) is 4.50. The van der Waals surface area contributed by atoms with Crippen molar-refractivity contribution in [2.45, 2.75) is 38.9 Å². The lowest BCUT2D eigenvalue weighted by atomic mass is 10.1. The number of hydrogen-bond donors (Lipinski definition) is 1. The largest absolute Gasteiger partial charge is 0.475 e. The number of fused-ring (bicyclic) bond motifs is 1. The molecular weight excluding hydrogens is 434 g/mol. The van der Waals surface area contributed by atoms with Crippen LogP contribution in [0, 0.1) is 0 Å². The maximum Gasteiger partial charge on any atom is 0.410 e. The maximum absolute atomic E-state index is 12.7. The van der Waals surface area contributed by atoms with Gasteiger partial charge in [-0.3, -0.25) is 0 Å². The molecule has 5 heterocycles. The molecule has 1 amide bonds. The molecule has 3 aromatic heterocycles. The summed E-state index contributed by atoms with van der Waals surface area (Å²) in [5, 5.41) is 7.73. The number of pyridine rings is 1. The molecule has 3 aromatic rings. The third-order valence-corrected chi connectivity index (χ3v) is 6.29. The number of rotatable bonds is 5. The number of carbonyl (C=O) groups excluding carboxylic acids is 1. The van der Waals surface area contributed by atoms with Crippen LogP contribution in [-0.2, 0) is 4.74 Å². The number of hydrogen-bond acceptors (Lipinski definition) is 8. The van der Waals surface area contributed by atoms with Crippen molar-refractivity contribution in [1.82, 2.24) is 29.8 Å². The molecule has 1 atom stereocenters. The summed E-state index contributed by atoms with van der Waals surface area (Å²) in [6.07, 6.45) is 6.05. The second-order valence-electron chi connectivity index (χ2n) is 9.35. The van der Waals surface area contributed by atoms with Crippen LogP contribution in [0.25, 0.3) is 16.8 Å². The molecule has 0 saturated carbocycles. The van der Waals surface area contributed by atoms with Crippen LogP contribution >= 0.6 is 0 Å². The Balaban J connectivity index is 1.32. The van der Waals surface area contributed by atoms with Gasteiger partial charge in [-0.2, -0.15) is 5.10 Å². The normalized spacial score (nSPS) is 20.8. The van der Waals surface area contributed by atoms with Crippen molar-refractivity contribution in [2.24, 2.45) is 0 Å². The molecule has 10 heteroatoms. The van der Waals surface area contributed by atoms with Gasteiger partial charge in [0.1, 0.15) is 11.4 Å². The Morgan fingerprint density at radius 1 is 1.18 bits per heavy atom. The summed E-state index contributed by atoms with van der Waals surface area (Å²) in [6.45, 7) is 10.1. The Kier molecular flexibility index (Phi) is 5.99. The molecule has 0 aliphatic carbocycles. The standard InChI is InChI=1S/C24H31N7O3/c1-17(2)33-22-18(5-4-8-26-22)19-15-27-31-10-6-20(28-21(19)31)29-11-13-30(14-12-29)23(32)34-24(3)7-9-25-16-24/h4-6,8,10,15,17,25H,7,9,11-14,16H2,1-3H3/t24-/m0/s1. The van der Waals surface area contributed by atoms with E-state index in [4.69, 9.17) is 14.5 Å². The van der Waals surface area contributed by atoms with Crippen LogP contribution in [-0.4, -0.2) is 81.5 Å². The number of carbonyl (C=O) groups is 1. The molecule has 2 fully saturated rings. The van der Waals surface area contributed by atoms with Gasteiger partial charge in [-0.15, -0.1) is 0 Å². The van der Waals surface area contributed by atoms with Gasteiger partial charge in [0.15, 0.2) is 5.65 Å². The summed E-state index contributed by atoms with van der Waals surface area (Å²) >= 11 is 0. The number of nitrogens with zero attached hydrogens (tertiary/aromatic N) is 6. The smallest absolute Gasteiger partial charge is 0.410 e. The lowest BCUT2D eigenvalue weighted by Gasteiger charge is -2.36. The summed E-state index contributed by atoms with van der Waals surface area (Å²) in [5.74, 6) is 1.42. The highest BCUT2D eigenvalue weighted by Gasteiger charge is 2.35. The molecule has 180 valence electrons. The SMILES string of the molecule is CC(C)Oc1ncccc1-c1cnn2ccc(N3CCN(C(=O)O[C@@]4(C)CCNC4)CC3)nc12. The van der Waals surface area contributed by atoms with Crippen LogP contribution in [0.1, 0.15) is 27.2 Å². The monoisotopic (exact) mass is 465 g/mol. The van der Waals surface area contributed by atoms with Crippen molar-refractivity contribution >= 4 is 17.6 Å². The molecule has 5 rings (SSSR count). The van der Waals surface area contributed by atoms with Gasteiger partial charge in [-0.05, 0) is 45.5 Å². The van der Waals surface area contributed by atoms with Crippen LogP contribution in [0.2, 0.25) is 0 Å². The van der Waals surface area contributed by atoms with Gasteiger partial charge >= 0.3 is 6.09 Å². The first-order valence-electron chi connectivity index (χ1n) is 11.8. The van der Waals surface area contributed by atoms with Crippen LogP contribution in [0.3, 0.4) is 0 Å². The average molecular weight is 466 g/mol. The number of nitrogens with one attached hydrogen (secondary N) is 1. The van der Waals surface area contributed by atoms with Gasteiger partial charge in [-0.25, -0.2) is 19.3 Å². The van der Waals surface area contributed by atoms with E-state index in [2.05, 4.69) is 20.3 Å². The fourth-order valence-electron chi connectivity index (χ4n) is 4.41. The van der Waals surface area contributed by atoms with Gasteiger partial charge in [-0.1, -0.05) is 0 Å². The first kappa shape index (κ1) is 22.4. The zero-order valence-electron chi connectivity index (χ0n) is 19.9. The number of amides is 1. The minimum atomic E-state index is -0.413. The lowest BCUT2D eigenvalue weighted by Crippen LogP contribution is -2.51. The summed E-state index contributed by atoms with van der Waals surface area (Å²) < 4.78 is 13.5. The zero-order chi connectivity index (χ0) is 23.7. The second kappa shape index (κ2) is 9.09. The first-order valence-corrected chi connectivity index (χ1v) is 11.8. The van der Waals surface area contributed by atoms with Crippen LogP contribution in [0.4, 0.5) is 10.6 Å². The molecular formula is C24H31N7O3. The van der Waals surface area contributed by atoms with Crippen LogP contribution in [0.15, 0.2) is 36.8 Å². The van der Waals surface area contributed by atoms with Crippen LogP contribution in [0.5, 0.6) is 5.88 Å². The minimum absolute atomic E-state index is 0.00881. The third-order valence-electron chi connectivity index (χ3n) is 6.29. The minimum Gasteiger partial charge on any atom is -0.475 e. The van der Waals surface area contributed by atoms with Crippen molar-refractivity contribution in [3.8, 4) is 17.0 Å². The van der Waals surface area contributed by atoms with Gasteiger partial charge in [0.25, 0.3) is 0 Å². The van der Waals surface area contributed by atoms with Crippen molar-refractivity contribution < 1.29 is 14.3 Å². The Morgan fingerprint density at radius 2 is 2.00 bits per heavy atom. The molecule has 10 nitrogen and oxygen atoms in total. The second-order valence-corrected chi connectivity index (χ2v) is 9.35. The van der Waals surface area contributed by atoms with Crippen molar-refractivity contribution in [3.05, 3.63) is 36.8 Å². The van der Waals surface area contributed by atoms with E-state index in [1.54, 1.807) is 21.8 Å². The molecule has 0 aromatic carbocycles. The molecule has 0 bridgehead atoms. The highest BCUT2D eigenvalue weighted by Crippen LogP contribution is 2.32. The molecule has 2 saturated heterocycles. The Hall–Kier alpha value is -3.40.